The van der Waals surface area contributed by atoms with Crippen molar-refractivity contribution in [1.29, 1.82) is 0 Å². The Morgan fingerprint density at radius 2 is 2.35 bits per heavy atom. The topological polar surface area (TPSA) is 34.4 Å². The molecule has 3 atom stereocenters. The van der Waals surface area contributed by atoms with Crippen molar-refractivity contribution >= 4 is 0 Å². The van der Waals surface area contributed by atoms with Gasteiger partial charge < -0.3 is 14.5 Å². The van der Waals surface area contributed by atoms with E-state index in [9.17, 15) is 0 Å². The number of ether oxygens (including phenoxy) is 1. The zero-order chi connectivity index (χ0) is 12.1. The van der Waals surface area contributed by atoms with Crippen LogP contribution in [0.3, 0.4) is 0 Å². The molecule has 96 valence electrons. The van der Waals surface area contributed by atoms with Gasteiger partial charge in [-0.25, -0.2) is 0 Å². The quantitative estimate of drug-likeness (QED) is 0.826. The average Bonchev–Trinajstić information content (AvgIpc) is 2.95. The molecule has 3 unspecified atom stereocenters. The second kappa shape index (κ2) is 6.22. The zero-order valence-corrected chi connectivity index (χ0v) is 10.8. The Kier molecular flexibility index (Phi) is 4.63. The summed E-state index contributed by atoms with van der Waals surface area (Å²) in [7, 11) is 0. The molecule has 3 nitrogen and oxygen atoms in total. The Labute approximate surface area is 104 Å². The molecule has 0 saturated carbocycles. The van der Waals surface area contributed by atoms with Gasteiger partial charge in [-0.1, -0.05) is 0 Å². The molecule has 1 N–H and O–H groups in total. The van der Waals surface area contributed by atoms with Gasteiger partial charge in [0.25, 0.3) is 0 Å². The summed E-state index contributed by atoms with van der Waals surface area (Å²) in [6.45, 7) is 5.35. The standard InChI is InChI=1S/C14H23NO2/c1-11(5-7-13-4-3-9-16-13)15-10-14-8-6-12(2)17-14/h3-4,9,11-12,14-15H,5-8,10H2,1-2H3. The Morgan fingerprint density at radius 3 is 3.00 bits per heavy atom. The van der Waals surface area contributed by atoms with Gasteiger partial charge in [0, 0.05) is 19.0 Å². The van der Waals surface area contributed by atoms with Crippen LogP contribution in [0.25, 0.3) is 0 Å². The fraction of sp³-hybridized carbons (Fsp3) is 0.714. The van der Waals surface area contributed by atoms with E-state index < -0.39 is 0 Å². The van der Waals surface area contributed by atoms with Crippen LogP contribution in [0.5, 0.6) is 0 Å². The van der Waals surface area contributed by atoms with E-state index in [0.717, 1.165) is 25.1 Å². The number of furan rings is 1. The van der Waals surface area contributed by atoms with Gasteiger partial charge in [0.2, 0.25) is 0 Å². The molecule has 1 aromatic heterocycles. The highest BCUT2D eigenvalue weighted by Gasteiger charge is 2.21. The first kappa shape index (κ1) is 12.7. The van der Waals surface area contributed by atoms with Crippen LogP contribution in [0.4, 0.5) is 0 Å². The minimum absolute atomic E-state index is 0.413. The van der Waals surface area contributed by atoms with E-state index in [1.54, 1.807) is 6.26 Å². The maximum Gasteiger partial charge on any atom is 0.103 e. The summed E-state index contributed by atoms with van der Waals surface area (Å²) in [6, 6.07) is 4.50. The third-order valence-corrected chi connectivity index (χ3v) is 3.42. The highest BCUT2D eigenvalue weighted by molar-refractivity contribution is 4.98. The van der Waals surface area contributed by atoms with Crippen molar-refractivity contribution in [2.45, 2.75) is 57.8 Å². The fourth-order valence-electron chi connectivity index (χ4n) is 2.28. The maximum atomic E-state index is 5.78. The van der Waals surface area contributed by atoms with Gasteiger partial charge >= 0.3 is 0 Å². The third-order valence-electron chi connectivity index (χ3n) is 3.42. The summed E-state index contributed by atoms with van der Waals surface area (Å²) < 4.78 is 11.1. The highest BCUT2D eigenvalue weighted by atomic mass is 16.5. The molecule has 17 heavy (non-hydrogen) atoms. The Balaban J connectivity index is 1.59. The number of hydrogen-bond donors (Lipinski definition) is 1. The first-order valence-corrected chi connectivity index (χ1v) is 6.65. The monoisotopic (exact) mass is 237 g/mol. The molecule has 0 amide bonds. The van der Waals surface area contributed by atoms with E-state index >= 15 is 0 Å². The van der Waals surface area contributed by atoms with E-state index in [4.69, 9.17) is 9.15 Å². The summed E-state index contributed by atoms with van der Waals surface area (Å²) in [5.74, 6) is 1.07. The summed E-state index contributed by atoms with van der Waals surface area (Å²) in [5, 5.41) is 3.54. The van der Waals surface area contributed by atoms with Crippen LogP contribution in [-0.4, -0.2) is 24.8 Å². The van der Waals surface area contributed by atoms with E-state index in [0.29, 0.717) is 18.2 Å². The van der Waals surface area contributed by atoms with Crippen LogP contribution < -0.4 is 5.32 Å². The SMILES string of the molecule is CC(CCc1ccco1)NCC1CCC(C)O1. The van der Waals surface area contributed by atoms with Crippen LogP contribution >= 0.6 is 0 Å². The van der Waals surface area contributed by atoms with E-state index in [-0.39, 0.29) is 0 Å². The molecule has 3 heteroatoms. The van der Waals surface area contributed by atoms with Crippen molar-refractivity contribution in [3.8, 4) is 0 Å². The lowest BCUT2D eigenvalue weighted by Gasteiger charge is -2.17. The largest absolute Gasteiger partial charge is 0.469 e. The van der Waals surface area contributed by atoms with Crippen LogP contribution in [0.15, 0.2) is 22.8 Å². The molecule has 1 saturated heterocycles. The Morgan fingerprint density at radius 1 is 1.47 bits per heavy atom. The number of rotatable bonds is 6. The summed E-state index contributed by atoms with van der Waals surface area (Å²) in [6.07, 6.45) is 7.10. The van der Waals surface area contributed by atoms with Gasteiger partial charge in [0.1, 0.15) is 5.76 Å². The lowest BCUT2D eigenvalue weighted by Crippen LogP contribution is -2.34. The minimum Gasteiger partial charge on any atom is -0.469 e. The van der Waals surface area contributed by atoms with Crippen molar-refractivity contribution in [3.63, 3.8) is 0 Å². The van der Waals surface area contributed by atoms with Gasteiger partial charge in [-0.15, -0.1) is 0 Å². The van der Waals surface area contributed by atoms with Gasteiger partial charge in [0.05, 0.1) is 18.5 Å². The first-order valence-electron chi connectivity index (χ1n) is 6.65. The predicted octanol–water partition coefficient (Wildman–Crippen LogP) is 2.76. The van der Waals surface area contributed by atoms with Gasteiger partial charge in [0.15, 0.2) is 0 Å². The molecule has 0 bridgehead atoms. The summed E-state index contributed by atoms with van der Waals surface area (Å²) in [5.41, 5.74) is 0. The molecule has 0 aromatic carbocycles. The van der Waals surface area contributed by atoms with Crippen molar-refractivity contribution in [2.75, 3.05) is 6.54 Å². The number of nitrogens with one attached hydrogen (secondary N) is 1. The molecule has 0 spiro atoms. The molecule has 0 radical (unpaired) electrons. The third kappa shape index (κ3) is 4.17. The average molecular weight is 237 g/mol. The summed E-state index contributed by atoms with van der Waals surface area (Å²) >= 11 is 0. The normalized spacial score (nSPS) is 26.2. The van der Waals surface area contributed by atoms with E-state index in [1.165, 1.54) is 12.8 Å². The summed E-state index contributed by atoms with van der Waals surface area (Å²) in [4.78, 5) is 0. The fourth-order valence-corrected chi connectivity index (χ4v) is 2.28. The van der Waals surface area contributed by atoms with Crippen LogP contribution in [0.2, 0.25) is 0 Å². The van der Waals surface area contributed by atoms with Crippen LogP contribution in [0, 0.1) is 0 Å². The number of hydrogen-bond acceptors (Lipinski definition) is 3. The van der Waals surface area contributed by atoms with Crippen LogP contribution in [0.1, 0.15) is 38.9 Å². The molecule has 2 rings (SSSR count). The molecule has 0 aliphatic carbocycles. The van der Waals surface area contributed by atoms with E-state index in [1.807, 2.05) is 12.1 Å². The number of aryl methyl sites for hydroxylation is 1. The second-order valence-corrected chi connectivity index (χ2v) is 5.07. The second-order valence-electron chi connectivity index (χ2n) is 5.07. The lowest BCUT2D eigenvalue weighted by molar-refractivity contribution is 0.0545. The van der Waals surface area contributed by atoms with Crippen molar-refractivity contribution in [2.24, 2.45) is 0 Å². The Bertz CT molecular complexity index is 310. The molecule has 2 heterocycles. The minimum atomic E-state index is 0.413. The van der Waals surface area contributed by atoms with Crippen molar-refractivity contribution in [3.05, 3.63) is 24.2 Å². The zero-order valence-electron chi connectivity index (χ0n) is 10.8. The molecular formula is C14H23NO2. The smallest absolute Gasteiger partial charge is 0.103 e. The first-order chi connectivity index (χ1) is 8.24. The molecule has 1 aromatic rings. The molecule has 1 fully saturated rings. The maximum absolute atomic E-state index is 5.78. The molecule has 1 aliphatic rings. The van der Waals surface area contributed by atoms with Gasteiger partial charge in [-0.05, 0) is 45.2 Å². The van der Waals surface area contributed by atoms with E-state index in [2.05, 4.69) is 19.2 Å². The molecular weight excluding hydrogens is 214 g/mol. The van der Waals surface area contributed by atoms with Crippen LogP contribution in [-0.2, 0) is 11.2 Å². The van der Waals surface area contributed by atoms with Gasteiger partial charge in [-0.2, -0.15) is 0 Å². The Hall–Kier alpha value is -0.800. The van der Waals surface area contributed by atoms with Crippen molar-refractivity contribution in [1.82, 2.24) is 5.32 Å². The lowest BCUT2D eigenvalue weighted by atomic mass is 10.1. The predicted molar refractivity (Wildman–Crippen MR) is 68.1 cm³/mol. The van der Waals surface area contributed by atoms with Gasteiger partial charge in [-0.3, -0.25) is 0 Å². The molecule has 1 aliphatic heterocycles. The highest BCUT2D eigenvalue weighted by Crippen LogP contribution is 2.18. The van der Waals surface area contributed by atoms with Crippen molar-refractivity contribution < 1.29 is 9.15 Å².